The Labute approximate surface area is 227 Å². The Balaban J connectivity index is 1.57. The number of carbonyl (C=O) groups excluding carboxylic acids is 2. The molecule has 0 aromatic heterocycles. The summed E-state index contributed by atoms with van der Waals surface area (Å²) in [7, 11) is 1.38. The minimum atomic E-state index is -0.404. The van der Waals surface area contributed by atoms with Crippen LogP contribution in [0, 0.1) is 11.8 Å². The lowest BCUT2D eigenvalue weighted by molar-refractivity contribution is -0.154. The van der Waals surface area contributed by atoms with Gasteiger partial charge in [0, 0.05) is 18.4 Å². The Hall–Kier alpha value is -2.70. The average molecular weight is 523 g/mol. The van der Waals surface area contributed by atoms with E-state index in [1.165, 1.54) is 7.11 Å². The van der Waals surface area contributed by atoms with Crippen molar-refractivity contribution >= 4 is 18.0 Å². The summed E-state index contributed by atoms with van der Waals surface area (Å²) in [6.45, 7) is 4.30. The molecule has 0 spiro atoms. The second kappa shape index (κ2) is 13.9. The SMILES string of the molecule is COC(=O)/C=C1\C[C@H]2CC(=O)O[C@@H](/C=C/c3ccccc3)[C@@H](C)/C=C/[C@H](C)C[C@H]3CCC[C@@H](C[C@@H](C1)O2)O3. The third kappa shape index (κ3) is 8.67. The molecule has 2 saturated heterocycles. The summed E-state index contributed by atoms with van der Waals surface area (Å²) >= 11 is 0. The van der Waals surface area contributed by atoms with Gasteiger partial charge >= 0.3 is 11.9 Å². The van der Waals surface area contributed by atoms with E-state index in [-0.39, 0.29) is 48.7 Å². The lowest BCUT2D eigenvalue weighted by atomic mass is 9.89. The minimum Gasteiger partial charge on any atom is -0.466 e. The Morgan fingerprint density at radius 2 is 1.63 bits per heavy atom. The molecule has 4 rings (SSSR count). The van der Waals surface area contributed by atoms with Gasteiger partial charge in [-0.05, 0) is 56.1 Å². The Bertz CT molecular complexity index is 1010. The molecular weight excluding hydrogens is 480 g/mol. The molecule has 6 heteroatoms. The highest BCUT2D eigenvalue weighted by Crippen LogP contribution is 2.33. The van der Waals surface area contributed by atoms with Gasteiger partial charge in [-0.15, -0.1) is 0 Å². The van der Waals surface area contributed by atoms with Gasteiger partial charge in [0.15, 0.2) is 0 Å². The maximum atomic E-state index is 13.2. The van der Waals surface area contributed by atoms with Gasteiger partial charge in [-0.25, -0.2) is 4.79 Å². The highest BCUT2D eigenvalue weighted by Gasteiger charge is 2.33. The lowest BCUT2D eigenvalue weighted by Gasteiger charge is -2.37. The summed E-state index contributed by atoms with van der Waals surface area (Å²) < 4.78 is 23.8. The van der Waals surface area contributed by atoms with Crippen LogP contribution in [-0.4, -0.2) is 49.6 Å². The number of methoxy groups -OCH3 is 1. The number of rotatable bonds is 3. The number of esters is 2. The maximum absolute atomic E-state index is 13.2. The highest BCUT2D eigenvalue weighted by molar-refractivity contribution is 5.82. The van der Waals surface area contributed by atoms with Crippen LogP contribution in [-0.2, 0) is 28.5 Å². The topological polar surface area (TPSA) is 71.1 Å². The Morgan fingerprint density at radius 1 is 0.921 bits per heavy atom. The largest absolute Gasteiger partial charge is 0.466 e. The van der Waals surface area contributed by atoms with E-state index in [1.54, 1.807) is 6.08 Å². The first kappa shape index (κ1) is 28.3. The van der Waals surface area contributed by atoms with Crippen LogP contribution in [0.4, 0.5) is 0 Å². The zero-order valence-electron chi connectivity index (χ0n) is 22.9. The molecule has 4 bridgehead atoms. The van der Waals surface area contributed by atoms with E-state index < -0.39 is 6.10 Å². The summed E-state index contributed by atoms with van der Waals surface area (Å²) in [5, 5.41) is 0. The molecule has 3 aliphatic heterocycles. The van der Waals surface area contributed by atoms with Crippen LogP contribution in [0.2, 0.25) is 0 Å². The molecule has 1 aromatic rings. The number of benzene rings is 1. The van der Waals surface area contributed by atoms with Gasteiger partial charge in [0.25, 0.3) is 0 Å². The van der Waals surface area contributed by atoms with E-state index in [0.717, 1.165) is 43.2 Å². The number of hydrogen-bond donors (Lipinski definition) is 0. The van der Waals surface area contributed by atoms with Crippen LogP contribution in [0.15, 0.2) is 60.2 Å². The smallest absolute Gasteiger partial charge is 0.330 e. The molecule has 0 saturated carbocycles. The third-order valence-corrected chi connectivity index (χ3v) is 7.69. The van der Waals surface area contributed by atoms with Crippen molar-refractivity contribution in [1.29, 1.82) is 0 Å². The van der Waals surface area contributed by atoms with Crippen LogP contribution < -0.4 is 0 Å². The molecule has 0 unspecified atom stereocenters. The number of ether oxygens (including phenoxy) is 4. The van der Waals surface area contributed by atoms with Crippen molar-refractivity contribution in [2.45, 2.75) is 95.7 Å². The molecule has 38 heavy (non-hydrogen) atoms. The molecule has 7 atom stereocenters. The Morgan fingerprint density at radius 3 is 2.39 bits per heavy atom. The van der Waals surface area contributed by atoms with Crippen molar-refractivity contribution < 1.29 is 28.5 Å². The molecule has 1 aromatic carbocycles. The van der Waals surface area contributed by atoms with E-state index >= 15 is 0 Å². The fourth-order valence-electron chi connectivity index (χ4n) is 5.71. The predicted molar refractivity (Wildman–Crippen MR) is 147 cm³/mol. The number of allylic oxidation sites excluding steroid dienone is 1. The predicted octanol–water partition coefficient (Wildman–Crippen LogP) is 6.21. The molecular formula is C32H42O6. The second-order valence-corrected chi connectivity index (χ2v) is 11.0. The summed E-state index contributed by atoms with van der Waals surface area (Å²) in [6, 6.07) is 10.0. The first-order valence-electron chi connectivity index (χ1n) is 14.1. The number of fused-ring (bicyclic) bond motifs is 4. The van der Waals surface area contributed by atoms with Gasteiger partial charge in [0.05, 0.1) is 37.9 Å². The van der Waals surface area contributed by atoms with Gasteiger partial charge in [-0.3, -0.25) is 4.79 Å². The summed E-state index contributed by atoms with van der Waals surface area (Å²) in [4.78, 5) is 25.2. The normalized spacial score (nSPS) is 35.0. The van der Waals surface area contributed by atoms with E-state index in [9.17, 15) is 9.59 Å². The second-order valence-electron chi connectivity index (χ2n) is 11.0. The fraction of sp³-hybridized carbons (Fsp3) is 0.562. The van der Waals surface area contributed by atoms with E-state index in [2.05, 4.69) is 26.0 Å². The molecule has 206 valence electrons. The Kier molecular flexibility index (Phi) is 10.4. The molecule has 3 heterocycles. The monoisotopic (exact) mass is 522 g/mol. The standard InChI is InChI=1S/C32H42O6/c1-22-12-13-23(2)30(15-14-24-8-5-4-6-9-24)38-32(34)21-29-18-25(19-31(33)35-3)17-28(37-29)20-27-11-7-10-26(16-22)36-27/h4-6,8-9,12-15,19,22-23,26-30H,7,10-11,16-18,20-21H2,1-3H3/b13-12+,15-14+,25-19-/t22-,23-,26+,27-,28+,29-,30-/m0/s1. The number of hydrogen-bond acceptors (Lipinski definition) is 6. The molecule has 0 amide bonds. The van der Waals surface area contributed by atoms with Crippen LogP contribution in [0.3, 0.4) is 0 Å². The first-order valence-corrected chi connectivity index (χ1v) is 14.1. The zero-order valence-corrected chi connectivity index (χ0v) is 22.9. The zero-order chi connectivity index (χ0) is 26.9. The summed E-state index contributed by atoms with van der Waals surface area (Å²) in [6.07, 6.45) is 15.6. The van der Waals surface area contributed by atoms with Crippen molar-refractivity contribution in [1.82, 2.24) is 0 Å². The van der Waals surface area contributed by atoms with E-state index in [0.29, 0.717) is 18.8 Å². The van der Waals surface area contributed by atoms with Crippen molar-refractivity contribution in [2.24, 2.45) is 11.8 Å². The van der Waals surface area contributed by atoms with Crippen LogP contribution in [0.1, 0.15) is 70.8 Å². The molecule has 3 aliphatic rings. The minimum absolute atomic E-state index is 0.00379. The maximum Gasteiger partial charge on any atom is 0.330 e. The van der Waals surface area contributed by atoms with Gasteiger partial charge in [0.2, 0.25) is 0 Å². The van der Waals surface area contributed by atoms with Crippen molar-refractivity contribution in [3.8, 4) is 0 Å². The number of cyclic esters (lactones) is 1. The molecule has 0 radical (unpaired) electrons. The van der Waals surface area contributed by atoms with Crippen molar-refractivity contribution in [2.75, 3.05) is 7.11 Å². The molecule has 0 aliphatic carbocycles. The highest BCUT2D eigenvalue weighted by atomic mass is 16.6. The lowest BCUT2D eigenvalue weighted by Crippen LogP contribution is -2.37. The number of carbonyl (C=O) groups is 2. The van der Waals surface area contributed by atoms with Crippen LogP contribution in [0.25, 0.3) is 6.08 Å². The van der Waals surface area contributed by atoms with Crippen molar-refractivity contribution in [3.05, 3.63) is 65.8 Å². The van der Waals surface area contributed by atoms with Gasteiger partial charge < -0.3 is 18.9 Å². The van der Waals surface area contributed by atoms with Gasteiger partial charge in [-0.1, -0.05) is 68.0 Å². The summed E-state index contributed by atoms with van der Waals surface area (Å²) in [5.74, 6) is -0.318. The van der Waals surface area contributed by atoms with Crippen LogP contribution >= 0.6 is 0 Å². The fourth-order valence-corrected chi connectivity index (χ4v) is 5.71. The van der Waals surface area contributed by atoms with Crippen molar-refractivity contribution in [3.63, 3.8) is 0 Å². The quantitative estimate of drug-likeness (QED) is 0.267. The summed E-state index contributed by atoms with van der Waals surface area (Å²) in [5.41, 5.74) is 2.00. The van der Waals surface area contributed by atoms with E-state index in [1.807, 2.05) is 42.5 Å². The van der Waals surface area contributed by atoms with Gasteiger partial charge in [-0.2, -0.15) is 0 Å². The van der Waals surface area contributed by atoms with Crippen LogP contribution in [0.5, 0.6) is 0 Å². The first-order chi connectivity index (χ1) is 18.4. The molecule has 0 N–H and O–H groups in total. The third-order valence-electron chi connectivity index (χ3n) is 7.69. The average Bonchev–Trinajstić information content (AvgIpc) is 2.89. The van der Waals surface area contributed by atoms with Gasteiger partial charge in [0.1, 0.15) is 6.10 Å². The molecule has 2 fully saturated rings. The van der Waals surface area contributed by atoms with E-state index in [4.69, 9.17) is 18.9 Å². The molecule has 6 nitrogen and oxygen atoms in total.